The van der Waals surface area contributed by atoms with Gasteiger partial charge in [-0.15, -0.1) is 0 Å². The van der Waals surface area contributed by atoms with Crippen molar-refractivity contribution in [1.82, 2.24) is 19.8 Å². The average Bonchev–Trinajstić information content (AvgIpc) is 3.02. The highest BCUT2D eigenvalue weighted by atomic mass is 16.1. The van der Waals surface area contributed by atoms with Gasteiger partial charge in [0.25, 0.3) is 0 Å². The summed E-state index contributed by atoms with van der Waals surface area (Å²) in [7, 11) is 2.20. The molecule has 2 atom stereocenters. The lowest BCUT2D eigenvalue weighted by atomic mass is 9.80. The number of anilines is 1. The Hall–Kier alpha value is -1.53. The lowest BCUT2D eigenvalue weighted by molar-refractivity contribution is -0.127. The van der Waals surface area contributed by atoms with Crippen molar-refractivity contribution >= 4 is 11.7 Å². The number of ketones is 1. The van der Waals surface area contributed by atoms with Gasteiger partial charge in [0.1, 0.15) is 5.78 Å². The topological polar surface area (TPSA) is 52.6 Å². The number of hydrogen-bond acceptors (Lipinski definition) is 6. The van der Waals surface area contributed by atoms with E-state index >= 15 is 0 Å². The molecule has 0 radical (unpaired) electrons. The van der Waals surface area contributed by atoms with Crippen molar-refractivity contribution in [2.45, 2.75) is 96.9 Å². The summed E-state index contributed by atoms with van der Waals surface area (Å²) in [6.45, 7) is 11.8. The quantitative estimate of drug-likeness (QED) is 0.661. The first kappa shape index (κ1) is 22.7. The number of aromatic nitrogens is 2. The number of likely N-dealkylation sites (tertiary alicyclic amines) is 1. The van der Waals surface area contributed by atoms with Crippen LogP contribution in [-0.4, -0.2) is 69.9 Å². The normalized spacial score (nSPS) is 29.4. The molecule has 0 spiro atoms. The van der Waals surface area contributed by atoms with Crippen LogP contribution in [0.5, 0.6) is 0 Å². The molecule has 6 heteroatoms. The first-order valence-electron chi connectivity index (χ1n) is 12.4. The predicted octanol–water partition coefficient (Wildman–Crippen LogP) is 3.75. The number of Topliss-reactive ketones (excluding diaryl/α,β-unsaturated/α-hetero) is 1. The standard InChI is InChI=1S/C25H41N5O/c1-17(2)24(31)20-6-8-21(9-7-20)28(5)14-19-12-26-25(27-13-19)30-22-10-11-23(30)16-29(15-22)18(3)4/h12-13,17-18,20-23H,6-11,14-16H2,1-5H3/t20-,21-,22?,23?. The van der Waals surface area contributed by atoms with Gasteiger partial charge in [-0.1, -0.05) is 13.8 Å². The molecule has 0 N–H and O–H groups in total. The number of rotatable bonds is 7. The molecule has 1 aromatic rings. The highest BCUT2D eigenvalue weighted by molar-refractivity contribution is 5.82. The van der Waals surface area contributed by atoms with Crippen LogP contribution >= 0.6 is 0 Å². The molecule has 2 bridgehead atoms. The summed E-state index contributed by atoms with van der Waals surface area (Å²) in [6.07, 6.45) is 10.9. The Balaban J connectivity index is 1.31. The lowest BCUT2D eigenvalue weighted by Gasteiger charge is -2.42. The smallest absolute Gasteiger partial charge is 0.225 e. The van der Waals surface area contributed by atoms with Crippen LogP contribution in [0.2, 0.25) is 0 Å². The van der Waals surface area contributed by atoms with E-state index in [9.17, 15) is 4.79 Å². The summed E-state index contributed by atoms with van der Waals surface area (Å²) in [5.41, 5.74) is 1.18. The van der Waals surface area contributed by atoms with E-state index in [0.717, 1.165) is 51.3 Å². The van der Waals surface area contributed by atoms with Gasteiger partial charge in [-0.05, 0) is 59.4 Å². The van der Waals surface area contributed by atoms with Crippen LogP contribution in [0.4, 0.5) is 5.95 Å². The summed E-state index contributed by atoms with van der Waals surface area (Å²) in [5.74, 6) is 1.81. The van der Waals surface area contributed by atoms with E-state index in [1.165, 1.54) is 18.4 Å². The Labute approximate surface area is 188 Å². The van der Waals surface area contributed by atoms with Crippen molar-refractivity contribution in [2.75, 3.05) is 25.0 Å². The lowest BCUT2D eigenvalue weighted by Crippen LogP contribution is -2.56. The fraction of sp³-hybridized carbons (Fsp3) is 0.800. The van der Waals surface area contributed by atoms with Crippen LogP contribution in [0, 0.1) is 11.8 Å². The molecule has 6 nitrogen and oxygen atoms in total. The molecule has 0 aromatic carbocycles. The Morgan fingerprint density at radius 3 is 2.10 bits per heavy atom. The van der Waals surface area contributed by atoms with Crippen LogP contribution in [0.1, 0.15) is 71.8 Å². The molecule has 4 rings (SSSR count). The van der Waals surface area contributed by atoms with Gasteiger partial charge >= 0.3 is 0 Å². The number of carbonyl (C=O) groups excluding carboxylic acids is 1. The molecule has 2 unspecified atom stereocenters. The van der Waals surface area contributed by atoms with E-state index in [0.29, 0.717) is 30.0 Å². The fourth-order valence-corrected chi connectivity index (χ4v) is 5.94. The summed E-state index contributed by atoms with van der Waals surface area (Å²) in [6, 6.07) is 2.27. The highest BCUT2D eigenvalue weighted by Crippen LogP contribution is 2.34. The van der Waals surface area contributed by atoms with Gasteiger partial charge < -0.3 is 4.90 Å². The van der Waals surface area contributed by atoms with Gasteiger partial charge in [-0.3, -0.25) is 14.6 Å². The zero-order valence-electron chi connectivity index (χ0n) is 20.1. The minimum Gasteiger partial charge on any atom is -0.332 e. The van der Waals surface area contributed by atoms with Gasteiger partial charge in [-0.25, -0.2) is 9.97 Å². The second-order valence-electron chi connectivity index (χ2n) is 10.7. The van der Waals surface area contributed by atoms with E-state index in [-0.39, 0.29) is 11.8 Å². The molecule has 2 aliphatic heterocycles. The van der Waals surface area contributed by atoms with Crippen molar-refractivity contribution in [1.29, 1.82) is 0 Å². The molecule has 2 saturated heterocycles. The summed E-state index contributed by atoms with van der Waals surface area (Å²) >= 11 is 0. The maximum absolute atomic E-state index is 12.3. The maximum atomic E-state index is 12.3. The van der Waals surface area contributed by atoms with E-state index < -0.39 is 0 Å². The molecular formula is C25H41N5O. The van der Waals surface area contributed by atoms with Crippen LogP contribution in [-0.2, 0) is 11.3 Å². The first-order valence-corrected chi connectivity index (χ1v) is 12.4. The zero-order chi connectivity index (χ0) is 22.1. The number of nitrogens with zero attached hydrogens (tertiary/aromatic N) is 5. The van der Waals surface area contributed by atoms with Crippen molar-refractivity contribution in [2.24, 2.45) is 11.8 Å². The van der Waals surface area contributed by atoms with Gasteiger partial charge in [0, 0.05) is 73.6 Å². The molecule has 3 aliphatic rings. The number of hydrogen-bond donors (Lipinski definition) is 0. The molecule has 1 aliphatic carbocycles. The molecule has 1 aromatic heterocycles. The average molecular weight is 428 g/mol. The monoisotopic (exact) mass is 427 g/mol. The predicted molar refractivity (Wildman–Crippen MR) is 125 cm³/mol. The third-order valence-electron chi connectivity index (χ3n) is 7.89. The summed E-state index contributed by atoms with van der Waals surface area (Å²) in [5, 5.41) is 0. The zero-order valence-corrected chi connectivity index (χ0v) is 20.1. The Bertz CT molecular complexity index is 727. The van der Waals surface area contributed by atoms with Crippen molar-refractivity contribution in [3.8, 4) is 0 Å². The van der Waals surface area contributed by atoms with E-state index in [4.69, 9.17) is 9.97 Å². The number of carbonyl (C=O) groups is 1. The van der Waals surface area contributed by atoms with Gasteiger partial charge in [0.05, 0.1) is 0 Å². The molecule has 0 amide bonds. The van der Waals surface area contributed by atoms with E-state index in [1.807, 2.05) is 26.2 Å². The Kier molecular flexibility index (Phi) is 6.97. The molecule has 3 fully saturated rings. The van der Waals surface area contributed by atoms with Gasteiger partial charge in [0.15, 0.2) is 0 Å². The van der Waals surface area contributed by atoms with Gasteiger partial charge in [0.2, 0.25) is 5.95 Å². The molecular weight excluding hydrogens is 386 g/mol. The Morgan fingerprint density at radius 2 is 1.58 bits per heavy atom. The van der Waals surface area contributed by atoms with E-state index in [2.05, 4.69) is 35.6 Å². The van der Waals surface area contributed by atoms with Crippen molar-refractivity contribution in [3.63, 3.8) is 0 Å². The number of piperazine rings is 1. The van der Waals surface area contributed by atoms with E-state index in [1.54, 1.807) is 0 Å². The molecule has 3 heterocycles. The summed E-state index contributed by atoms with van der Waals surface area (Å²) < 4.78 is 0. The fourth-order valence-electron chi connectivity index (χ4n) is 5.94. The van der Waals surface area contributed by atoms with Crippen LogP contribution in [0.15, 0.2) is 12.4 Å². The summed E-state index contributed by atoms with van der Waals surface area (Å²) in [4.78, 5) is 29.4. The molecule has 1 saturated carbocycles. The molecule has 172 valence electrons. The maximum Gasteiger partial charge on any atom is 0.225 e. The van der Waals surface area contributed by atoms with Crippen molar-refractivity contribution < 1.29 is 4.79 Å². The number of fused-ring (bicyclic) bond motifs is 2. The first-order chi connectivity index (χ1) is 14.8. The van der Waals surface area contributed by atoms with Crippen LogP contribution in [0.3, 0.4) is 0 Å². The molecule has 31 heavy (non-hydrogen) atoms. The SMILES string of the molecule is CC(C)C(=O)[C@H]1CC[C@H](N(C)Cc2cnc(N3C4CCC3CN(C(C)C)C4)nc2)CC1. The highest BCUT2D eigenvalue weighted by Gasteiger charge is 2.41. The minimum atomic E-state index is 0.165. The minimum absolute atomic E-state index is 0.165. The second kappa shape index (κ2) is 9.53. The van der Waals surface area contributed by atoms with Crippen molar-refractivity contribution in [3.05, 3.63) is 18.0 Å². The largest absolute Gasteiger partial charge is 0.332 e. The third kappa shape index (κ3) is 4.95. The van der Waals surface area contributed by atoms with Gasteiger partial charge in [-0.2, -0.15) is 0 Å². The Morgan fingerprint density at radius 1 is 1.00 bits per heavy atom. The van der Waals surface area contributed by atoms with Crippen LogP contribution < -0.4 is 4.90 Å². The van der Waals surface area contributed by atoms with Crippen LogP contribution in [0.25, 0.3) is 0 Å². The third-order valence-corrected chi connectivity index (χ3v) is 7.89. The second-order valence-corrected chi connectivity index (χ2v) is 10.7.